The minimum Gasteiger partial charge on any atom is -0.345 e. The van der Waals surface area contributed by atoms with Crippen molar-refractivity contribution in [1.29, 1.82) is 0 Å². The number of hydrogen-bond acceptors (Lipinski definition) is 1. The second-order valence-corrected chi connectivity index (χ2v) is 6.35. The first-order valence-electron chi connectivity index (χ1n) is 7.30. The van der Waals surface area contributed by atoms with Gasteiger partial charge in [-0.2, -0.15) is 0 Å². The van der Waals surface area contributed by atoms with E-state index in [0.717, 1.165) is 11.8 Å². The lowest BCUT2D eigenvalue weighted by Gasteiger charge is -2.24. The number of hydrogen-bond donors (Lipinski definition) is 1. The van der Waals surface area contributed by atoms with Crippen molar-refractivity contribution in [3.8, 4) is 0 Å². The standard InChI is InChI=1S/C15H24N2/c1-10-3-6-12(7-4-10)15-16-13-8-5-11(2)9-14(13)17-15/h10-12H,3-9H2,1-2H3,(H,16,17). The number of imidazole rings is 1. The number of nitrogens with one attached hydrogen (secondary N) is 1. The largest absolute Gasteiger partial charge is 0.345 e. The van der Waals surface area contributed by atoms with E-state index >= 15 is 0 Å². The van der Waals surface area contributed by atoms with Crippen molar-refractivity contribution in [1.82, 2.24) is 9.97 Å². The van der Waals surface area contributed by atoms with Gasteiger partial charge < -0.3 is 4.98 Å². The van der Waals surface area contributed by atoms with E-state index in [1.807, 2.05) is 0 Å². The minimum atomic E-state index is 0.715. The summed E-state index contributed by atoms with van der Waals surface area (Å²) in [4.78, 5) is 8.52. The fourth-order valence-corrected chi connectivity index (χ4v) is 3.40. The Bertz CT molecular complexity index is 386. The molecule has 3 rings (SSSR count). The zero-order valence-corrected chi connectivity index (χ0v) is 11.1. The Hall–Kier alpha value is -0.790. The first kappa shape index (κ1) is 11.3. The molecule has 1 unspecified atom stereocenters. The van der Waals surface area contributed by atoms with E-state index in [4.69, 9.17) is 4.98 Å². The van der Waals surface area contributed by atoms with Crippen LogP contribution in [0.5, 0.6) is 0 Å². The lowest BCUT2D eigenvalue weighted by atomic mass is 9.83. The molecule has 0 amide bonds. The zero-order chi connectivity index (χ0) is 11.8. The molecular formula is C15H24N2. The van der Waals surface area contributed by atoms with Crippen molar-refractivity contribution in [3.63, 3.8) is 0 Å². The quantitative estimate of drug-likeness (QED) is 0.783. The van der Waals surface area contributed by atoms with Crippen LogP contribution in [0, 0.1) is 11.8 Å². The topological polar surface area (TPSA) is 28.7 Å². The highest BCUT2D eigenvalue weighted by atomic mass is 14.9. The van der Waals surface area contributed by atoms with Crippen molar-refractivity contribution >= 4 is 0 Å². The summed E-state index contributed by atoms with van der Waals surface area (Å²) in [5, 5.41) is 0. The van der Waals surface area contributed by atoms with E-state index in [2.05, 4.69) is 18.8 Å². The Morgan fingerprint density at radius 3 is 2.53 bits per heavy atom. The van der Waals surface area contributed by atoms with Crippen LogP contribution in [0.3, 0.4) is 0 Å². The number of aromatic amines is 1. The predicted octanol–water partition coefficient (Wildman–Crippen LogP) is 3.83. The van der Waals surface area contributed by atoms with Gasteiger partial charge in [0.15, 0.2) is 0 Å². The highest BCUT2D eigenvalue weighted by Crippen LogP contribution is 2.35. The Morgan fingerprint density at radius 1 is 1.00 bits per heavy atom. The average Bonchev–Trinajstić information content (AvgIpc) is 2.72. The first-order valence-corrected chi connectivity index (χ1v) is 7.30. The Kier molecular flexibility index (Phi) is 2.97. The van der Waals surface area contributed by atoms with Crippen molar-refractivity contribution in [3.05, 3.63) is 17.2 Å². The SMILES string of the molecule is CC1CCC(c2nc3c([nH]2)CC(C)CC3)CC1. The summed E-state index contributed by atoms with van der Waals surface area (Å²) in [5.41, 5.74) is 2.81. The molecule has 1 saturated carbocycles. The molecule has 1 aromatic rings. The van der Waals surface area contributed by atoms with Gasteiger partial charge in [-0.3, -0.25) is 0 Å². The fraction of sp³-hybridized carbons (Fsp3) is 0.800. The van der Waals surface area contributed by atoms with E-state index in [1.165, 1.54) is 62.2 Å². The molecule has 1 heterocycles. The number of aryl methyl sites for hydroxylation is 1. The van der Waals surface area contributed by atoms with Crippen LogP contribution in [0.2, 0.25) is 0 Å². The molecule has 0 spiro atoms. The van der Waals surface area contributed by atoms with Crippen LogP contribution in [0.15, 0.2) is 0 Å². The second kappa shape index (κ2) is 4.47. The Morgan fingerprint density at radius 2 is 1.76 bits per heavy atom. The Labute approximate surface area is 104 Å². The van der Waals surface area contributed by atoms with Gasteiger partial charge in [-0.25, -0.2) is 4.98 Å². The van der Waals surface area contributed by atoms with Crippen molar-refractivity contribution in [2.75, 3.05) is 0 Å². The molecule has 1 atom stereocenters. The molecule has 17 heavy (non-hydrogen) atoms. The van der Waals surface area contributed by atoms with E-state index in [1.54, 1.807) is 0 Å². The third-order valence-electron chi connectivity index (χ3n) is 4.71. The summed E-state index contributed by atoms with van der Waals surface area (Å²) in [6, 6.07) is 0. The molecule has 0 bridgehead atoms. The number of H-pyrrole nitrogens is 1. The summed E-state index contributed by atoms with van der Waals surface area (Å²) in [6.07, 6.45) is 9.16. The summed E-state index contributed by atoms with van der Waals surface area (Å²) in [7, 11) is 0. The number of rotatable bonds is 1. The Balaban J connectivity index is 1.76. The van der Waals surface area contributed by atoms with Gasteiger partial charge in [0.25, 0.3) is 0 Å². The molecule has 2 aliphatic rings. The third kappa shape index (κ3) is 2.27. The van der Waals surface area contributed by atoms with Gasteiger partial charge in [0, 0.05) is 11.6 Å². The second-order valence-electron chi connectivity index (χ2n) is 6.35. The summed E-state index contributed by atoms with van der Waals surface area (Å²) < 4.78 is 0. The highest BCUT2D eigenvalue weighted by molar-refractivity contribution is 5.20. The number of nitrogens with zero attached hydrogens (tertiary/aromatic N) is 1. The summed E-state index contributed by atoms with van der Waals surface area (Å²) in [6.45, 7) is 4.73. The van der Waals surface area contributed by atoms with Crippen molar-refractivity contribution < 1.29 is 0 Å². The number of fused-ring (bicyclic) bond motifs is 1. The van der Waals surface area contributed by atoms with Gasteiger partial charge in [0.1, 0.15) is 5.82 Å². The van der Waals surface area contributed by atoms with Gasteiger partial charge >= 0.3 is 0 Å². The van der Waals surface area contributed by atoms with Crippen LogP contribution in [0.1, 0.15) is 69.1 Å². The van der Waals surface area contributed by atoms with Gasteiger partial charge in [-0.1, -0.05) is 26.7 Å². The molecule has 0 aromatic carbocycles. The molecule has 0 radical (unpaired) electrons. The molecular weight excluding hydrogens is 208 g/mol. The van der Waals surface area contributed by atoms with Crippen molar-refractivity contribution in [2.45, 2.75) is 64.7 Å². The maximum absolute atomic E-state index is 4.88. The van der Waals surface area contributed by atoms with E-state index < -0.39 is 0 Å². The molecule has 1 fully saturated rings. The van der Waals surface area contributed by atoms with Gasteiger partial charge in [-0.15, -0.1) is 0 Å². The van der Waals surface area contributed by atoms with Gasteiger partial charge in [0.05, 0.1) is 5.69 Å². The molecule has 2 aliphatic carbocycles. The maximum atomic E-state index is 4.88. The normalized spacial score (nSPS) is 33.4. The van der Waals surface area contributed by atoms with Crippen LogP contribution in [0.4, 0.5) is 0 Å². The molecule has 2 nitrogen and oxygen atoms in total. The molecule has 0 aliphatic heterocycles. The lowest BCUT2D eigenvalue weighted by Crippen LogP contribution is -2.12. The predicted molar refractivity (Wildman–Crippen MR) is 70.1 cm³/mol. The maximum Gasteiger partial charge on any atom is 0.109 e. The number of aromatic nitrogens is 2. The zero-order valence-electron chi connectivity index (χ0n) is 11.1. The summed E-state index contributed by atoms with van der Waals surface area (Å²) in [5.74, 6) is 3.78. The van der Waals surface area contributed by atoms with Crippen LogP contribution in [-0.2, 0) is 12.8 Å². The van der Waals surface area contributed by atoms with Gasteiger partial charge in [-0.05, 0) is 43.9 Å². The molecule has 0 saturated heterocycles. The van der Waals surface area contributed by atoms with Gasteiger partial charge in [0.2, 0.25) is 0 Å². The van der Waals surface area contributed by atoms with Crippen LogP contribution in [-0.4, -0.2) is 9.97 Å². The molecule has 94 valence electrons. The van der Waals surface area contributed by atoms with Crippen LogP contribution >= 0.6 is 0 Å². The van der Waals surface area contributed by atoms with E-state index in [0.29, 0.717) is 5.92 Å². The van der Waals surface area contributed by atoms with Crippen molar-refractivity contribution in [2.24, 2.45) is 11.8 Å². The summed E-state index contributed by atoms with van der Waals surface area (Å²) >= 11 is 0. The first-order chi connectivity index (χ1) is 8.22. The van der Waals surface area contributed by atoms with E-state index in [9.17, 15) is 0 Å². The third-order valence-corrected chi connectivity index (χ3v) is 4.71. The minimum absolute atomic E-state index is 0.715. The lowest BCUT2D eigenvalue weighted by molar-refractivity contribution is 0.340. The molecule has 2 heteroatoms. The van der Waals surface area contributed by atoms with Crippen LogP contribution in [0.25, 0.3) is 0 Å². The monoisotopic (exact) mass is 232 g/mol. The van der Waals surface area contributed by atoms with E-state index in [-0.39, 0.29) is 0 Å². The highest BCUT2D eigenvalue weighted by Gasteiger charge is 2.25. The average molecular weight is 232 g/mol. The van der Waals surface area contributed by atoms with Crippen LogP contribution < -0.4 is 0 Å². The fourth-order valence-electron chi connectivity index (χ4n) is 3.40. The molecule has 1 N–H and O–H groups in total. The molecule has 1 aromatic heterocycles. The smallest absolute Gasteiger partial charge is 0.109 e.